The van der Waals surface area contributed by atoms with Crippen LogP contribution >= 0.6 is 27.3 Å². The summed E-state index contributed by atoms with van der Waals surface area (Å²) in [5.41, 5.74) is 1.43. The van der Waals surface area contributed by atoms with E-state index in [2.05, 4.69) is 31.4 Å². The predicted molar refractivity (Wildman–Crippen MR) is 119 cm³/mol. The summed E-state index contributed by atoms with van der Waals surface area (Å²) in [7, 11) is 1.60. The van der Waals surface area contributed by atoms with Gasteiger partial charge in [-0.05, 0) is 49.2 Å². The molecule has 9 heteroatoms. The van der Waals surface area contributed by atoms with Gasteiger partial charge in [0, 0.05) is 22.1 Å². The summed E-state index contributed by atoms with van der Waals surface area (Å²) in [5.74, 6) is 0.335. The van der Waals surface area contributed by atoms with Gasteiger partial charge < -0.3 is 9.64 Å². The Kier molecular flexibility index (Phi) is 6.10. The van der Waals surface area contributed by atoms with Crippen LogP contribution in [0, 0.1) is 0 Å². The van der Waals surface area contributed by atoms with E-state index in [0.29, 0.717) is 28.7 Å². The number of methoxy groups -OCH3 is 1. The van der Waals surface area contributed by atoms with Gasteiger partial charge in [-0.1, -0.05) is 39.4 Å². The second kappa shape index (κ2) is 8.93. The van der Waals surface area contributed by atoms with Crippen molar-refractivity contribution in [3.8, 4) is 16.3 Å². The first-order valence-corrected chi connectivity index (χ1v) is 11.0. The Morgan fingerprint density at radius 3 is 2.77 bits per heavy atom. The average molecular weight is 487 g/mol. The first-order chi connectivity index (χ1) is 14.5. The highest BCUT2D eigenvalue weighted by Gasteiger charge is 2.35. The Labute approximate surface area is 186 Å². The van der Waals surface area contributed by atoms with Crippen LogP contribution in [0.15, 0.2) is 53.0 Å². The highest BCUT2D eigenvalue weighted by Crippen LogP contribution is 2.29. The topological polar surface area (TPSA) is 84.4 Å². The summed E-state index contributed by atoms with van der Waals surface area (Å²) < 4.78 is 6.14. The Hall–Kier alpha value is -2.78. The number of carbonyl (C=O) groups is 2. The molecule has 0 radical (unpaired) electrons. The molecule has 1 atom stereocenters. The zero-order valence-corrected chi connectivity index (χ0v) is 18.6. The number of anilines is 1. The van der Waals surface area contributed by atoms with Gasteiger partial charge in [0.2, 0.25) is 11.0 Å². The second-order valence-corrected chi connectivity index (χ2v) is 8.69. The number of hydrogen-bond acceptors (Lipinski definition) is 6. The van der Waals surface area contributed by atoms with Gasteiger partial charge in [0.1, 0.15) is 16.8 Å². The summed E-state index contributed by atoms with van der Waals surface area (Å²) in [5, 5.41) is 12.2. The standard InChI is InChI=1S/C21H19BrN4O3S/c1-29-16-5-2-4-14(12-16)19-24-25-21(30-19)23-18(27)17-6-3-11-26(17)20(28)13-7-9-15(22)10-8-13/h2,4-5,7-10,12,17H,3,6,11H2,1H3,(H,23,25,27). The van der Waals surface area contributed by atoms with Crippen LogP contribution in [0.4, 0.5) is 5.13 Å². The quantitative estimate of drug-likeness (QED) is 0.583. The number of halogens is 1. The third-order valence-electron chi connectivity index (χ3n) is 4.88. The van der Waals surface area contributed by atoms with Gasteiger partial charge in [-0.3, -0.25) is 14.9 Å². The molecule has 2 amide bonds. The summed E-state index contributed by atoms with van der Waals surface area (Å²) >= 11 is 4.65. The monoisotopic (exact) mass is 486 g/mol. The molecular weight excluding hydrogens is 468 g/mol. The van der Waals surface area contributed by atoms with Crippen molar-refractivity contribution in [2.24, 2.45) is 0 Å². The lowest BCUT2D eigenvalue weighted by atomic mass is 10.1. The Balaban J connectivity index is 1.46. The number of benzene rings is 2. The smallest absolute Gasteiger partial charge is 0.254 e. The third-order valence-corrected chi connectivity index (χ3v) is 6.30. The van der Waals surface area contributed by atoms with Gasteiger partial charge in [-0.2, -0.15) is 0 Å². The first-order valence-electron chi connectivity index (χ1n) is 9.40. The van der Waals surface area contributed by atoms with E-state index in [0.717, 1.165) is 22.2 Å². The lowest BCUT2D eigenvalue weighted by Crippen LogP contribution is -2.43. The summed E-state index contributed by atoms with van der Waals surface area (Å²) in [6.07, 6.45) is 1.40. The second-order valence-electron chi connectivity index (χ2n) is 6.80. The Morgan fingerprint density at radius 2 is 2.00 bits per heavy atom. The van der Waals surface area contributed by atoms with Crippen LogP contribution in [0.5, 0.6) is 5.75 Å². The molecule has 0 saturated carbocycles. The molecule has 0 spiro atoms. The molecule has 1 aliphatic heterocycles. The molecule has 1 N–H and O–H groups in total. The van der Waals surface area contributed by atoms with Crippen LogP contribution in [0.25, 0.3) is 10.6 Å². The maximum absolute atomic E-state index is 12.9. The van der Waals surface area contributed by atoms with Crippen LogP contribution < -0.4 is 10.1 Å². The van der Waals surface area contributed by atoms with Crippen LogP contribution in [0.3, 0.4) is 0 Å². The van der Waals surface area contributed by atoms with Gasteiger partial charge in [-0.15, -0.1) is 10.2 Å². The number of nitrogens with one attached hydrogen (secondary N) is 1. The van der Waals surface area contributed by atoms with Crippen molar-refractivity contribution in [1.29, 1.82) is 0 Å². The summed E-state index contributed by atoms with van der Waals surface area (Å²) in [6, 6.07) is 14.1. The van der Waals surface area contributed by atoms with E-state index in [4.69, 9.17) is 4.74 Å². The normalized spacial score (nSPS) is 15.8. The van der Waals surface area contributed by atoms with Crippen molar-refractivity contribution in [3.63, 3.8) is 0 Å². The molecule has 2 aromatic carbocycles. The molecule has 7 nitrogen and oxygen atoms in total. The number of carbonyl (C=O) groups excluding carboxylic acids is 2. The molecule has 0 aliphatic carbocycles. The highest BCUT2D eigenvalue weighted by atomic mass is 79.9. The van der Waals surface area contributed by atoms with Crippen LogP contribution in [0.1, 0.15) is 23.2 Å². The highest BCUT2D eigenvalue weighted by molar-refractivity contribution is 9.10. The fourth-order valence-electron chi connectivity index (χ4n) is 3.38. The lowest BCUT2D eigenvalue weighted by molar-refractivity contribution is -0.119. The molecule has 1 unspecified atom stereocenters. The maximum Gasteiger partial charge on any atom is 0.254 e. The molecule has 0 bridgehead atoms. The van der Waals surface area contributed by atoms with Crippen LogP contribution in [-0.4, -0.2) is 46.6 Å². The SMILES string of the molecule is COc1cccc(-c2nnc(NC(=O)C3CCCN3C(=O)c3ccc(Br)cc3)s2)c1. The van der Waals surface area contributed by atoms with Crippen molar-refractivity contribution in [3.05, 3.63) is 58.6 Å². The molecule has 1 saturated heterocycles. The Morgan fingerprint density at radius 1 is 1.20 bits per heavy atom. The number of ether oxygens (including phenoxy) is 1. The summed E-state index contributed by atoms with van der Waals surface area (Å²) in [4.78, 5) is 27.4. The zero-order chi connectivity index (χ0) is 21.1. The molecule has 154 valence electrons. The van der Waals surface area contributed by atoms with E-state index >= 15 is 0 Å². The van der Waals surface area contributed by atoms with Gasteiger partial charge in [-0.25, -0.2) is 0 Å². The van der Waals surface area contributed by atoms with E-state index < -0.39 is 6.04 Å². The summed E-state index contributed by atoms with van der Waals surface area (Å²) in [6.45, 7) is 0.554. The molecule has 2 heterocycles. The molecule has 1 aromatic heterocycles. The number of hydrogen-bond donors (Lipinski definition) is 1. The number of likely N-dealkylation sites (tertiary alicyclic amines) is 1. The predicted octanol–water partition coefficient (Wildman–Crippen LogP) is 4.22. The van der Waals surface area contributed by atoms with Crippen molar-refractivity contribution in [2.75, 3.05) is 19.0 Å². The molecule has 1 fully saturated rings. The average Bonchev–Trinajstić information content (AvgIpc) is 3.44. The van der Waals surface area contributed by atoms with Gasteiger partial charge in [0.25, 0.3) is 5.91 Å². The minimum atomic E-state index is -0.523. The molecule has 4 rings (SSSR count). The molecule has 30 heavy (non-hydrogen) atoms. The van der Waals surface area contributed by atoms with E-state index in [9.17, 15) is 9.59 Å². The zero-order valence-electron chi connectivity index (χ0n) is 16.2. The fourth-order valence-corrected chi connectivity index (χ4v) is 4.38. The van der Waals surface area contributed by atoms with Gasteiger partial charge in [0.15, 0.2) is 0 Å². The van der Waals surface area contributed by atoms with E-state index in [1.165, 1.54) is 11.3 Å². The molecular formula is C21H19BrN4O3S. The number of aromatic nitrogens is 2. The van der Waals surface area contributed by atoms with Gasteiger partial charge >= 0.3 is 0 Å². The van der Waals surface area contributed by atoms with Crippen molar-refractivity contribution in [1.82, 2.24) is 15.1 Å². The minimum absolute atomic E-state index is 0.144. The maximum atomic E-state index is 12.9. The van der Waals surface area contributed by atoms with Crippen molar-refractivity contribution in [2.45, 2.75) is 18.9 Å². The number of amides is 2. The molecule has 1 aliphatic rings. The van der Waals surface area contributed by atoms with Crippen molar-refractivity contribution < 1.29 is 14.3 Å². The van der Waals surface area contributed by atoms with Gasteiger partial charge in [0.05, 0.1) is 7.11 Å². The van der Waals surface area contributed by atoms with Crippen molar-refractivity contribution >= 4 is 44.2 Å². The Bertz CT molecular complexity index is 1070. The van der Waals surface area contributed by atoms with E-state index in [-0.39, 0.29) is 11.8 Å². The lowest BCUT2D eigenvalue weighted by Gasteiger charge is -2.23. The molecule has 3 aromatic rings. The third kappa shape index (κ3) is 4.36. The van der Waals surface area contributed by atoms with E-state index in [1.807, 2.05) is 36.4 Å². The fraction of sp³-hybridized carbons (Fsp3) is 0.238. The first kappa shape index (κ1) is 20.5. The minimum Gasteiger partial charge on any atom is -0.497 e. The van der Waals surface area contributed by atoms with Crippen LogP contribution in [-0.2, 0) is 4.79 Å². The van der Waals surface area contributed by atoms with E-state index in [1.54, 1.807) is 24.1 Å². The number of nitrogens with zero attached hydrogens (tertiary/aromatic N) is 3. The van der Waals surface area contributed by atoms with Crippen LogP contribution in [0.2, 0.25) is 0 Å². The largest absolute Gasteiger partial charge is 0.497 e. The number of rotatable bonds is 5.